The molecule has 0 aromatic heterocycles. The van der Waals surface area contributed by atoms with Crippen molar-refractivity contribution in [3.05, 3.63) is 35.9 Å². The molecule has 0 radical (unpaired) electrons. The minimum absolute atomic E-state index is 0.224. The number of hydrogen-bond donors (Lipinski definition) is 3. The van der Waals surface area contributed by atoms with Crippen molar-refractivity contribution in [2.45, 2.75) is 23.4 Å². The fourth-order valence-electron chi connectivity index (χ4n) is 1.54. The topological polar surface area (TPSA) is 113 Å². The molecule has 3 N–H and O–H groups in total. The van der Waals surface area contributed by atoms with Crippen LogP contribution in [-0.2, 0) is 13.8 Å². The van der Waals surface area contributed by atoms with Crippen LogP contribution in [0.4, 0.5) is 0 Å². The number of ether oxygens (including phenoxy) is 1. The highest BCUT2D eigenvalue weighted by molar-refractivity contribution is 6.70. The van der Waals surface area contributed by atoms with Crippen molar-refractivity contribution in [3.63, 3.8) is 0 Å². The molecule has 1 aromatic rings. The van der Waals surface area contributed by atoms with Gasteiger partial charge in [0.25, 0.3) is 10.3 Å². The Kier molecular flexibility index (Phi) is 7.69. The van der Waals surface area contributed by atoms with E-state index in [1.54, 1.807) is 18.2 Å². The van der Waals surface area contributed by atoms with E-state index in [2.05, 4.69) is 4.29 Å². The Balaban J connectivity index is 2.65. The third-order valence-corrected chi connectivity index (χ3v) is 4.05. The first kappa shape index (κ1) is 20.1. The highest BCUT2D eigenvalue weighted by atomic mass is 35.5. The number of carbonyl (C=O) groups excluding carboxylic acids is 2. The maximum Gasteiger partial charge on any atom is 0.338 e. The molecule has 1 rings (SSSR count). The zero-order valence-electron chi connectivity index (χ0n) is 11.4. The lowest BCUT2D eigenvalue weighted by Gasteiger charge is -2.30. The van der Waals surface area contributed by atoms with Gasteiger partial charge in [0.05, 0.1) is 17.4 Å². The second kappa shape index (κ2) is 8.79. The van der Waals surface area contributed by atoms with E-state index in [9.17, 15) is 24.9 Å². The van der Waals surface area contributed by atoms with Gasteiger partial charge in [0.15, 0.2) is 0 Å². The van der Waals surface area contributed by atoms with Gasteiger partial charge in [0.2, 0.25) is 0 Å². The van der Waals surface area contributed by atoms with Crippen LogP contribution in [0.15, 0.2) is 30.3 Å². The van der Waals surface area contributed by atoms with Gasteiger partial charge in [0.1, 0.15) is 24.9 Å². The van der Waals surface area contributed by atoms with Crippen molar-refractivity contribution in [3.8, 4) is 0 Å². The van der Waals surface area contributed by atoms with Crippen LogP contribution in [-0.4, -0.2) is 56.5 Å². The molecule has 4 atom stereocenters. The van der Waals surface area contributed by atoms with Crippen molar-refractivity contribution in [1.29, 1.82) is 0 Å². The van der Waals surface area contributed by atoms with Crippen LogP contribution in [0, 0.1) is 0 Å². The lowest BCUT2D eigenvalue weighted by molar-refractivity contribution is -0.143. The van der Waals surface area contributed by atoms with Gasteiger partial charge in [-0.2, -0.15) is 0 Å². The third kappa shape index (κ3) is 5.02. The smallest absolute Gasteiger partial charge is 0.338 e. The van der Waals surface area contributed by atoms with Gasteiger partial charge in [-0.05, 0) is 23.7 Å². The molecule has 4 unspecified atom stereocenters. The summed E-state index contributed by atoms with van der Waals surface area (Å²) in [5.74, 6) is -0.759. The van der Waals surface area contributed by atoms with E-state index in [1.165, 1.54) is 12.1 Å². The summed E-state index contributed by atoms with van der Waals surface area (Å²) in [6.07, 6.45) is -5.99. The summed E-state index contributed by atoms with van der Waals surface area (Å²) < 4.78 is 8.83. The molecule has 0 bridgehead atoms. The maximum atomic E-state index is 11.7. The molecule has 0 fully saturated rings. The highest BCUT2D eigenvalue weighted by Gasteiger charge is 2.49. The number of carbonyl (C=O) groups is 2. The average molecular weight is 388 g/mol. The van der Waals surface area contributed by atoms with Crippen LogP contribution < -0.4 is 0 Å². The summed E-state index contributed by atoms with van der Waals surface area (Å²) >= 11 is 15.6. The predicted octanol–water partition coefficient (Wildman–Crippen LogP) is 0.797. The van der Waals surface area contributed by atoms with E-state index >= 15 is 0 Å². The minimum Gasteiger partial charge on any atom is -0.459 e. The normalized spacial score (nSPS) is 17.7. The minimum atomic E-state index is -2.67. The molecular weight excluding hydrogens is 374 g/mol. The van der Waals surface area contributed by atoms with E-state index < -0.39 is 41.2 Å². The van der Waals surface area contributed by atoms with E-state index in [0.29, 0.717) is 0 Å². The molecule has 23 heavy (non-hydrogen) atoms. The zero-order chi connectivity index (χ0) is 17.6. The summed E-state index contributed by atoms with van der Waals surface area (Å²) in [5.41, 5.74) is 0.224. The van der Waals surface area contributed by atoms with Gasteiger partial charge in [-0.3, -0.25) is 4.79 Å². The van der Waals surface area contributed by atoms with Crippen LogP contribution in [0.2, 0.25) is 0 Å². The molecule has 0 saturated carbocycles. The fourth-order valence-corrected chi connectivity index (χ4v) is 2.02. The molecule has 0 saturated heterocycles. The standard InChI is InChI=1S/C13H13Cl3O7/c14-12(21)13(15,23-16)10(19)9(18)8(17)6-22-11(20)7-4-2-1-3-5-7/h1-5,8-10,17-19H,6H2. The molecule has 10 heteroatoms. The lowest BCUT2D eigenvalue weighted by atomic mass is 10.0. The van der Waals surface area contributed by atoms with Crippen LogP contribution in [0.3, 0.4) is 0 Å². The zero-order valence-corrected chi connectivity index (χ0v) is 13.7. The van der Waals surface area contributed by atoms with Crippen LogP contribution in [0.5, 0.6) is 0 Å². The number of esters is 1. The van der Waals surface area contributed by atoms with Gasteiger partial charge < -0.3 is 20.1 Å². The summed E-state index contributed by atoms with van der Waals surface area (Å²) in [6.45, 7) is -0.683. The number of aliphatic hydroxyl groups excluding tert-OH is 3. The van der Waals surface area contributed by atoms with Crippen LogP contribution >= 0.6 is 35.1 Å². The molecule has 0 spiro atoms. The van der Waals surface area contributed by atoms with Gasteiger partial charge in [-0.1, -0.05) is 29.8 Å². The van der Waals surface area contributed by atoms with Crippen LogP contribution in [0.25, 0.3) is 0 Å². The largest absolute Gasteiger partial charge is 0.459 e. The van der Waals surface area contributed by atoms with Gasteiger partial charge >= 0.3 is 5.97 Å². The number of halogens is 3. The van der Waals surface area contributed by atoms with E-state index in [0.717, 1.165) is 0 Å². The van der Waals surface area contributed by atoms with Crippen molar-refractivity contribution >= 4 is 46.3 Å². The molecule has 0 aliphatic rings. The van der Waals surface area contributed by atoms with Gasteiger partial charge in [-0.25, -0.2) is 9.08 Å². The average Bonchev–Trinajstić information content (AvgIpc) is 2.57. The quantitative estimate of drug-likeness (QED) is 0.343. The Bertz CT molecular complexity index is 542. The van der Waals surface area contributed by atoms with E-state index in [-0.39, 0.29) is 5.56 Å². The van der Waals surface area contributed by atoms with E-state index in [4.69, 9.17) is 39.8 Å². The van der Waals surface area contributed by atoms with Crippen molar-refractivity contribution in [1.82, 2.24) is 0 Å². The first-order valence-electron chi connectivity index (χ1n) is 6.19. The third-order valence-electron chi connectivity index (χ3n) is 2.87. The molecule has 0 aliphatic carbocycles. The number of aliphatic hydroxyl groups is 3. The number of benzene rings is 1. The van der Waals surface area contributed by atoms with Crippen molar-refractivity contribution in [2.24, 2.45) is 0 Å². The Morgan fingerprint density at radius 1 is 1.17 bits per heavy atom. The Labute approximate surface area is 146 Å². The van der Waals surface area contributed by atoms with Gasteiger partial charge in [0, 0.05) is 0 Å². The molecule has 0 heterocycles. The van der Waals surface area contributed by atoms with Crippen molar-refractivity contribution in [2.75, 3.05) is 6.61 Å². The maximum absolute atomic E-state index is 11.7. The summed E-state index contributed by atoms with van der Waals surface area (Å²) in [7, 11) is 0. The number of hydrogen-bond acceptors (Lipinski definition) is 7. The Morgan fingerprint density at radius 3 is 2.22 bits per heavy atom. The molecular formula is C13H13Cl3O7. The van der Waals surface area contributed by atoms with Crippen LogP contribution in [0.1, 0.15) is 10.4 Å². The lowest BCUT2D eigenvalue weighted by Crippen LogP contribution is -2.54. The summed E-state index contributed by atoms with van der Waals surface area (Å²) in [5, 5.41) is 25.2. The molecule has 7 nitrogen and oxygen atoms in total. The number of rotatable bonds is 8. The van der Waals surface area contributed by atoms with Gasteiger partial charge in [-0.15, -0.1) is 0 Å². The van der Waals surface area contributed by atoms with Crippen molar-refractivity contribution < 1.29 is 33.9 Å². The summed E-state index contributed by atoms with van der Waals surface area (Å²) in [4.78, 5) is 22.8. The Morgan fingerprint density at radius 2 is 1.74 bits per heavy atom. The predicted molar refractivity (Wildman–Crippen MR) is 81.1 cm³/mol. The first-order valence-corrected chi connectivity index (χ1v) is 7.25. The summed E-state index contributed by atoms with van der Waals surface area (Å²) in [6, 6.07) is 7.88. The second-order valence-electron chi connectivity index (χ2n) is 4.46. The monoisotopic (exact) mass is 386 g/mol. The van der Waals surface area contributed by atoms with E-state index in [1.807, 2.05) is 0 Å². The molecule has 0 aliphatic heterocycles. The fraction of sp³-hybridized carbons (Fsp3) is 0.385. The second-order valence-corrected chi connectivity index (χ2v) is 5.52. The Hall–Kier alpha value is -0.930. The molecule has 1 aromatic carbocycles. The molecule has 0 amide bonds. The number of alkyl halides is 1. The first-order chi connectivity index (χ1) is 10.7. The highest BCUT2D eigenvalue weighted by Crippen LogP contribution is 2.29. The SMILES string of the molecule is O=C(OCC(O)C(O)C(O)C(Cl)(OCl)C(=O)Cl)c1ccccc1. The molecule has 128 valence electrons.